The third-order valence-electron chi connectivity index (χ3n) is 4.70. The van der Waals surface area contributed by atoms with Crippen molar-refractivity contribution in [1.29, 1.82) is 0 Å². The normalized spacial score (nSPS) is 15.0. The lowest BCUT2D eigenvalue weighted by molar-refractivity contribution is 0.576. The van der Waals surface area contributed by atoms with E-state index < -0.39 is 0 Å². The van der Waals surface area contributed by atoms with E-state index in [1.165, 1.54) is 43.6 Å². The van der Waals surface area contributed by atoms with Gasteiger partial charge in [0.25, 0.3) is 0 Å². The number of para-hydroxylation sites is 1. The highest BCUT2D eigenvalue weighted by molar-refractivity contribution is 7.16. The van der Waals surface area contributed by atoms with Crippen LogP contribution in [0.1, 0.15) is 24.8 Å². The van der Waals surface area contributed by atoms with Crippen LogP contribution in [0.4, 0.5) is 11.5 Å². The summed E-state index contributed by atoms with van der Waals surface area (Å²) in [4.78, 5) is 14.7. The molecule has 0 atom stereocenters. The molecule has 1 aliphatic rings. The van der Waals surface area contributed by atoms with Crippen molar-refractivity contribution >= 4 is 33.1 Å². The van der Waals surface area contributed by atoms with Crippen LogP contribution >= 0.6 is 11.3 Å². The summed E-state index contributed by atoms with van der Waals surface area (Å²) in [7, 11) is 2.12. The van der Waals surface area contributed by atoms with Gasteiger partial charge in [-0.1, -0.05) is 18.2 Å². The molecule has 4 nitrogen and oxygen atoms in total. The van der Waals surface area contributed by atoms with Crippen LogP contribution in [0, 0.1) is 0 Å². The molecule has 0 bridgehead atoms. The van der Waals surface area contributed by atoms with Crippen molar-refractivity contribution in [3.05, 3.63) is 47.6 Å². The summed E-state index contributed by atoms with van der Waals surface area (Å²) in [6.45, 7) is 3.20. The lowest BCUT2D eigenvalue weighted by Crippen LogP contribution is -2.31. The number of nitrogens with zero attached hydrogens (tertiary/aromatic N) is 4. The molecular weight excluding hydrogens is 316 g/mol. The third-order valence-corrected chi connectivity index (χ3v) is 5.52. The number of aromatic nitrogens is 2. The zero-order chi connectivity index (χ0) is 16.4. The smallest absolute Gasteiger partial charge is 0.140 e. The Hall–Kier alpha value is -2.14. The fraction of sp³-hybridized carbons (Fsp3) is 0.368. The molecule has 1 fully saturated rings. The highest BCUT2D eigenvalue weighted by atomic mass is 32.1. The maximum absolute atomic E-state index is 4.53. The number of rotatable bonds is 4. The van der Waals surface area contributed by atoms with E-state index >= 15 is 0 Å². The van der Waals surface area contributed by atoms with E-state index in [2.05, 4.69) is 62.5 Å². The van der Waals surface area contributed by atoms with Crippen molar-refractivity contribution in [3.63, 3.8) is 0 Å². The van der Waals surface area contributed by atoms with Crippen LogP contribution in [0.3, 0.4) is 0 Å². The van der Waals surface area contributed by atoms with Gasteiger partial charge in [-0.25, -0.2) is 9.97 Å². The second-order valence-electron chi connectivity index (χ2n) is 6.37. The van der Waals surface area contributed by atoms with E-state index in [4.69, 9.17) is 0 Å². The van der Waals surface area contributed by atoms with Crippen LogP contribution in [0.25, 0.3) is 10.2 Å². The lowest BCUT2D eigenvalue weighted by Gasteiger charge is -2.31. The van der Waals surface area contributed by atoms with Gasteiger partial charge in [0, 0.05) is 32.4 Å². The first-order valence-electron chi connectivity index (χ1n) is 8.55. The number of hydrogen-bond donors (Lipinski definition) is 0. The number of fused-ring (bicyclic) bond motifs is 1. The minimum absolute atomic E-state index is 0.856. The SMILES string of the molecule is CN(Cc1ccccc1N1CCCCC1)c1ncnc2sccc12. The molecule has 1 aliphatic heterocycles. The van der Waals surface area contributed by atoms with Crippen LogP contribution in [0.15, 0.2) is 42.0 Å². The Labute approximate surface area is 146 Å². The largest absolute Gasteiger partial charge is 0.371 e. The monoisotopic (exact) mass is 338 g/mol. The number of thiophene rings is 1. The molecule has 5 heteroatoms. The number of benzene rings is 1. The molecule has 2 aromatic heterocycles. The molecule has 3 heterocycles. The first-order valence-corrected chi connectivity index (χ1v) is 9.43. The molecule has 0 radical (unpaired) electrons. The predicted octanol–water partition coefficient (Wildman–Crippen LogP) is 4.32. The summed E-state index contributed by atoms with van der Waals surface area (Å²) in [6.07, 6.45) is 5.62. The third kappa shape index (κ3) is 2.96. The van der Waals surface area contributed by atoms with Crippen LogP contribution in [0.5, 0.6) is 0 Å². The lowest BCUT2D eigenvalue weighted by atomic mass is 10.1. The Bertz CT molecular complexity index is 823. The molecule has 0 N–H and O–H groups in total. The zero-order valence-electron chi connectivity index (χ0n) is 14.0. The number of piperidine rings is 1. The minimum atomic E-state index is 0.856. The van der Waals surface area contributed by atoms with Crippen molar-refractivity contribution in [3.8, 4) is 0 Å². The van der Waals surface area contributed by atoms with Crippen LogP contribution in [-0.2, 0) is 6.54 Å². The molecule has 124 valence electrons. The molecule has 0 unspecified atom stereocenters. The van der Waals surface area contributed by atoms with Gasteiger partial charge in [-0.3, -0.25) is 0 Å². The van der Waals surface area contributed by atoms with Crippen molar-refractivity contribution in [2.75, 3.05) is 29.9 Å². The van der Waals surface area contributed by atoms with E-state index in [9.17, 15) is 0 Å². The first-order chi connectivity index (χ1) is 11.8. The van der Waals surface area contributed by atoms with Gasteiger partial charge in [0.2, 0.25) is 0 Å². The van der Waals surface area contributed by atoms with Crippen LogP contribution in [0.2, 0.25) is 0 Å². The number of anilines is 2. The molecule has 0 spiro atoms. The predicted molar refractivity (Wildman–Crippen MR) is 102 cm³/mol. The first kappa shape index (κ1) is 15.4. The Morgan fingerprint density at radius 1 is 1.08 bits per heavy atom. The topological polar surface area (TPSA) is 32.3 Å². The van der Waals surface area contributed by atoms with E-state index in [0.29, 0.717) is 0 Å². The summed E-state index contributed by atoms with van der Waals surface area (Å²) in [6, 6.07) is 10.9. The second-order valence-corrected chi connectivity index (χ2v) is 7.26. The van der Waals surface area contributed by atoms with Crippen molar-refractivity contribution in [2.24, 2.45) is 0 Å². The van der Waals surface area contributed by atoms with Crippen molar-refractivity contribution in [1.82, 2.24) is 9.97 Å². The van der Waals surface area contributed by atoms with Crippen LogP contribution < -0.4 is 9.80 Å². The van der Waals surface area contributed by atoms with Crippen molar-refractivity contribution < 1.29 is 0 Å². The average Bonchev–Trinajstić information content (AvgIpc) is 3.11. The van der Waals surface area contributed by atoms with E-state index in [1.807, 2.05) is 0 Å². The van der Waals surface area contributed by atoms with Crippen molar-refractivity contribution in [2.45, 2.75) is 25.8 Å². The summed E-state index contributed by atoms with van der Waals surface area (Å²) in [5, 5.41) is 3.22. The van der Waals surface area contributed by atoms with E-state index in [1.54, 1.807) is 17.7 Å². The van der Waals surface area contributed by atoms with Crippen LogP contribution in [-0.4, -0.2) is 30.1 Å². The zero-order valence-corrected chi connectivity index (χ0v) is 14.8. The van der Waals surface area contributed by atoms with Gasteiger partial charge in [0.15, 0.2) is 0 Å². The fourth-order valence-corrected chi connectivity index (χ4v) is 4.23. The molecule has 24 heavy (non-hydrogen) atoms. The highest BCUT2D eigenvalue weighted by Crippen LogP contribution is 2.29. The summed E-state index contributed by atoms with van der Waals surface area (Å²) >= 11 is 1.67. The van der Waals surface area contributed by atoms with Gasteiger partial charge in [-0.15, -0.1) is 11.3 Å². The quantitative estimate of drug-likeness (QED) is 0.709. The van der Waals surface area contributed by atoms with E-state index in [0.717, 1.165) is 22.6 Å². The van der Waals surface area contributed by atoms with Gasteiger partial charge < -0.3 is 9.80 Å². The maximum Gasteiger partial charge on any atom is 0.140 e. The highest BCUT2D eigenvalue weighted by Gasteiger charge is 2.16. The Balaban J connectivity index is 1.62. The molecule has 0 amide bonds. The van der Waals surface area contributed by atoms with Gasteiger partial charge in [0.1, 0.15) is 17.0 Å². The Kier molecular flexibility index (Phi) is 4.34. The maximum atomic E-state index is 4.53. The molecule has 0 saturated carbocycles. The standard InChI is InChI=1S/C19H22N4S/c1-22(18-16-9-12-24-19(16)21-14-20-18)13-15-7-3-4-8-17(15)23-10-5-2-6-11-23/h3-4,7-9,12,14H,2,5-6,10-11,13H2,1H3. The van der Waals surface area contributed by atoms with Gasteiger partial charge in [-0.2, -0.15) is 0 Å². The van der Waals surface area contributed by atoms with E-state index in [-0.39, 0.29) is 0 Å². The summed E-state index contributed by atoms with van der Waals surface area (Å²) in [5.74, 6) is 1.01. The number of hydrogen-bond acceptors (Lipinski definition) is 5. The molecule has 0 aliphatic carbocycles. The Morgan fingerprint density at radius 2 is 1.92 bits per heavy atom. The van der Waals surface area contributed by atoms with Gasteiger partial charge >= 0.3 is 0 Å². The van der Waals surface area contributed by atoms with Gasteiger partial charge in [0.05, 0.1) is 5.39 Å². The minimum Gasteiger partial charge on any atom is -0.371 e. The fourth-order valence-electron chi connectivity index (χ4n) is 3.50. The molecule has 4 rings (SSSR count). The van der Waals surface area contributed by atoms with Gasteiger partial charge in [-0.05, 0) is 42.3 Å². The molecule has 3 aromatic rings. The molecule has 1 aromatic carbocycles. The summed E-state index contributed by atoms with van der Waals surface area (Å²) < 4.78 is 0. The Morgan fingerprint density at radius 3 is 2.79 bits per heavy atom. The summed E-state index contributed by atoms with van der Waals surface area (Å²) in [5.41, 5.74) is 2.74. The average molecular weight is 338 g/mol. The molecular formula is C19H22N4S. The second kappa shape index (κ2) is 6.77. The molecule has 1 saturated heterocycles.